The first-order valence-electron chi connectivity index (χ1n) is 10.6. The number of ether oxygens (including phenoxy) is 1. The lowest BCUT2D eigenvalue weighted by molar-refractivity contribution is 0.270. The van der Waals surface area contributed by atoms with E-state index in [2.05, 4.69) is 68.5 Å². The Hall–Kier alpha value is -2.80. The van der Waals surface area contributed by atoms with Crippen LogP contribution in [0.25, 0.3) is 0 Å². The van der Waals surface area contributed by atoms with E-state index in [0.29, 0.717) is 13.1 Å². The Morgan fingerprint density at radius 3 is 2.57 bits per heavy atom. The van der Waals surface area contributed by atoms with E-state index in [-0.39, 0.29) is 0 Å². The summed E-state index contributed by atoms with van der Waals surface area (Å²) in [6.07, 6.45) is 1.89. The van der Waals surface area contributed by atoms with Gasteiger partial charge in [-0.15, -0.1) is 0 Å². The van der Waals surface area contributed by atoms with Crippen molar-refractivity contribution in [3.63, 3.8) is 0 Å². The maximum Gasteiger partial charge on any atom is 0.191 e. The summed E-state index contributed by atoms with van der Waals surface area (Å²) in [5.41, 5.74) is 3.47. The number of likely N-dealkylation sites (N-methyl/N-ethyl adjacent to an activating group) is 1. The van der Waals surface area contributed by atoms with E-state index >= 15 is 0 Å². The van der Waals surface area contributed by atoms with Gasteiger partial charge in [0.2, 0.25) is 0 Å². The molecule has 7 heteroatoms. The summed E-state index contributed by atoms with van der Waals surface area (Å²) in [5, 5.41) is 6.76. The van der Waals surface area contributed by atoms with Crippen LogP contribution in [-0.2, 0) is 13.1 Å². The highest BCUT2D eigenvalue weighted by atomic mass is 16.5. The SMILES string of the molecule is CCN1CCN(c2cc(CNC(=NC)NCc3ccc(C)cc3OC)ccn2)CC1. The van der Waals surface area contributed by atoms with Crippen LogP contribution in [-0.4, -0.2) is 62.7 Å². The number of methoxy groups -OCH3 is 1. The van der Waals surface area contributed by atoms with Crippen LogP contribution in [0.4, 0.5) is 5.82 Å². The topological polar surface area (TPSA) is 65.0 Å². The number of aliphatic imine (C=N–C) groups is 1. The van der Waals surface area contributed by atoms with Crippen LogP contribution < -0.4 is 20.3 Å². The summed E-state index contributed by atoms with van der Waals surface area (Å²) in [5.74, 6) is 2.70. The van der Waals surface area contributed by atoms with Gasteiger partial charge in [0, 0.05) is 58.1 Å². The molecule has 1 fully saturated rings. The second-order valence-corrected chi connectivity index (χ2v) is 7.54. The molecule has 1 saturated heterocycles. The number of piperazine rings is 1. The van der Waals surface area contributed by atoms with Gasteiger partial charge in [-0.2, -0.15) is 0 Å². The zero-order chi connectivity index (χ0) is 21.3. The van der Waals surface area contributed by atoms with Crippen molar-refractivity contribution in [2.24, 2.45) is 4.99 Å². The number of hydrogen-bond donors (Lipinski definition) is 2. The fourth-order valence-electron chi connectivity index (χ4n) is 3.62. The van der Waals surface area contributed by atoms with Gasteiger partial charge in [-0.25, -0.2) is 4.98 Å². The van der Waals surface area contributed by atoms with Gasteiger partial charge in [0.1, 0.15) is 11.6 Å². The quantitative estimate of drug-likeness (QED) is 0.540. The molecular weight excluding hydrogens is 376 g/mol. The van der Waals surface area contributed by atoms with Crippen LogP contribution >= 0.6 is 0 Å². The molecular formula is C23H34N6O. The summed E-state index contributed by atoms with van der Waals surface area (Å²) in [6.45, 7) is 11.0. The molecule has 162 valence electrons. The molecule has 0 aliphatic carbocycles. The minimum Gasteiger partial charge on any atom is -0.496 e. The van der Waals surface area contributed by atoms with Gasteiger partial charge >= 0.3 is 0 Å². The zero-order valence-corrected chi connectivity index (χ0v) is 18.6. The van der Waals surface area contributed by atoms with Crippen LogP contribution in [0, 0.1) is 6.92 Å². The Labute approximate surface area is 180 Å². The zero-order valence-electron chi connectivity index (χ0n) is 18.6. The molecule has 2 aromatic rings. The van der Waals surface area contributed by atoms with Crippen molar-refractivity contribution in [3.8, 4) is 5.75 Å². The monoisotopic (exact) mass is 410 g/mol. The summed E-state index contributed by atoms with van der Waals surface area (Å²) in [4.78, 5) is 13.8. The van der Waals surface area contributed by atoms with Crippen molar-refractivity contribution in [1.29, 1.82) is 0 Å². The van der Waals surface area contributed by atoms with Gasteiger partial charge < -0.3 is 25.2 Å². The maximum absolute atomic E-state index is 5.49. The van der Waals surface area contributed by atoms with E-state index in [9.17, 15) is 0 Å². The van der Waals surface area contributed by atoms with Crippen molar-refractivity contribution in [3.05, 3.63) is 53.2 Å². The van der Waals surface area contributed by atoms with Gasteiger partial charge in [-0.1, -0.05) is 19.1 Å². The van der Waals surface area contributed by atoms with E-state index in [0.717, 1.165) is 55.8 Å². The van der Waals surface area contributed by atoms with E-state index in [4.69, 9.17) is 4.74 Å². The van der Waals surface area contributed by atoms with E-state index in [1.807, 2.05) is 12.3 Å². The first kappa shape index (κ1) is 21.9. The first-order chi connectivity index (χ1) is 14.6. The molecule has 0 atom stereocenters. The normalized spacial score (nSPS) is 15.2. The van der Waals surface area contributed by atoms with Crippen LogP contribution in [0.15, 0.2) is 41.5 Å². The number of aromatic nitrogens is 1. The molecule has 1 aliphatic rings. The first-order valence-corrected chi connectivity index (χ1v) is 10.6. The minimum absolute atomic E-state index is 0.645. The molecule has 2 heterocycles. The summed E-state index contributed by atoms with van der Waals surface area (Å²) in [7, 11) is 3.49. The lowest BCUT2D eigenvalue weighted by Gasteiger charge is -2.34. The third kappa shape index (κ3) is 5.86. The van der Waals surface area contributed by atoms with E-state index in [1.54, 1.807) is 14.2 Å². The molecule has 7 nitrogen and oxygen atoms in total. The number of rotatable bonds is 7. The van der Waals surface area contributed by atoms with Crippen LogP contribution in [0.5, 0.6) is 5.75 Å². The standard InChI is InChI=1S/C23H34N6O/c1-5-28-10-12-29(13-11-28)22-15-19(8-9-25-22)16-26-23(24-3)27-17-20-7-6-18(2)14-21(20)30-4/h6-9,14-15H,5,10-13,16-17H2,1-4H3,(H2,24,26,27). The van der Waals surface area contributed by atoms with Gasteiger partial charge in [0.15, 0.2) is 5.96 Å². The molecule has 1 aromatic heterocycles. The Bertz CT molecular complexity index is 845. The number of nitrogens with one attached hydrogen (secondary N) is 2. The van der Waals surface area contributed by atoms with Gasteiger partial charge in [0.05, 0.1) is 7.11 Å². The number of nitrogens with zero attached hydrogens (tertiary/aromatic N) is 4. The van der Waals surface area contributed by atoms with E-state index in [1.165, 1.54) is 11.1 Å². The second kappa shape index (κ2) is 10.8. The Morgan fingerprint density at radius 1 is 1.10 bits per heavy atom. The number of anilines is 1. The molecule has 2 N–H and O–H groups in total. The van der Waals surface area contributed by atoms with Crippen molar-refractivity contribution in [2.75, 3.05) is 51.8 Å². The predicted molar refractivity (Wildman–Crippen MR) is 123 cm³/mol. The van der Waals surface area contributed by atoms with E-state index < -0.39 is 0 Å². The molecule has 3 rings (SSSR count). The minimum atomic E-state index is 0.645. The second-order valence-electron chi connectivity index (χ2n) is 7.54. The fraction of sp³-hybridized carbons (Fsp3) is 0.478. The molecule has 1 aromatic carbocycles. The highest BCUT2D eigenvalue weighted by molar-refractivity contribution is 5.79. The number of benzene rings is 1. The maximum atomic E-state index is 5.49. The number of pyridine rings is 1. The Kier molecular flexibility index (Phi) is 7.90. The third-order valence-corrected chi connectivity index (χ3v) is 5.53. The highest BCUT2D eigenvalue weighted by Gasteiger charge is 2.16. The van der Waals surface area contributed by atoms with Crippen LogP contribution in [0.2, 0.25) is 0 Å². The van der Waals surface area contributed by atoms with Crippen molar-refractivity contribution < 1.29 is 4.74 Å². The number of aryl methyl sites for hydroxylation is 1. The van der Waals surface area contributed by atoms with Crippen molar-refractivity contribution in [1.82, 2.24) is 20.5 Å². The molecule has 30 heavy (non-hydrogen) atoms. The van der Waals surface area contributed by atoms with Crippen molar-refractivity contribution in [2.45, 2.75) is 26.9 Å². The van der Waals surface area contributed by atoms with Crippen LogP contribution in [0.3, 0.4) is 0 Å². The average Bonchev–Trinajstić information content (AvgIpc) is 2.80. The average molecular weight is 411 g/mol. The molecule has 0 bridgehead atoms. The summed E-state index contributed by atoms with van der Waals surface area (Å²) in [6, 6.07) is 10.4. The van der Waals surface area contributed by atoms with Gasteiger partial charge in [0.25, 0.3) is 0 Å². The Morgan fingerprint density at radius 2 is 1.87 bits per heavy atom. The lowest BCUT2D eigenvalue weighted by atomic mass is 10.1. The Balaban J connectivity index is 1.54. The molecule has 0 radical (unpaired) electrons. The third-order valence-electron chi connectivity index (χ3n) is 5.53. The number of hydrogen-bond acceptors (Lipinski definition) is 5. The van der Waals surface area contributed by atoms with Gasteiger partial charge in [-0.05, 0) is 42.8 Å². The molecule has 0 unspecified atom stereocenters. The predicted octanol–water partition coefficient (Wildman–Crippen LogP) is 2.41. The van der Waals surface area contributed by atoms with Crippen LogP contribution in [0.1, 0.15) is 23.6 Å². The lowest BCUT2D eigenvalue weighted by Crippen LogP contribution is -2.46. The molecule has 0 spiro atoms. The highest BCUT2D eigenvalue weighted by Crippen LogP contribution is 2.19. The molecule has 0 saturated carbocycles. The number of guanidine groups is 1. The summed E-state index contributed by atoms with van der Waals surface area (Å²) >= 11 is 0. The summed E-state index contributed by atoms with van der Waals surface area (Å²) < 4.78 is 5.49. The van der Waals surface area contributed by atoms with Crippen molar-refractivity contribution >= 4 is 11.8 Å². The fourth-order valence-corrected chi connectivity index (χ4v) is 3.62. The molecule has 1 aliphatic heterocycles. The van der Waals surface area contributed by atoms with Gasteiger partial charge in [-0.3, -0.25) is 4.99 Å². The largest absolute Gasteiger partial charge is 0.496 e. The smallest absolute Gasteiger partial charge is 0.191 e. The molecule has 0 amide bonds.